The maximum Gasteiger partial charge on any atom is 0.251 e. The van der Waals surface area contributed by atoms with Gasteiger partial charge in [-0.2, -0.15) is 0 Å². The Labute approximate surface area is 109 Å². The Bertz CT molecular complexity index is 422. The van der Waals surface area contributed by atoms with Gasteiger partial charge < -0.3 is 11.1 Å². The van der Waals surface area contributed by atoms with Gasteiger partial charge in [-0.1, -0.05) is 30.5 Å². The van der Waals surface area contributed by atoms with Gasteiger partial charge in [0.2, 0.25) is 0 Å². The van der Waals surface area contributed by atoms with Crippen molar-refractivity contribution in [3.63, 3.8) is 0 Å². The lowest BCUT2D eigenvalue weighted by Gasteiger charge is -2.27. The van der Waals surface area contributed by atoms with Crippen LogP contribution in [0, 0.1) is 12.3 Å². The lowest BCUT2D eigenvalue weighted by molar-refractivity contribution is 0.0932. The first-order valence-corrected chi connectivity index (χ1v) is 6.70. The van der Waals surface area contributed by atoms with Gasteiger partial charge in [-0.3, -0.25) is 4.79 Å². The number of benzene rings is 1. The Balaban J connectivity index is 1.96. The Hall–Kier alpha value is -1.35. The van der Waals surface area contributed by atoms with Gasteiger partial charge in [0.05, 0.1) is 0 Å². The number of hydrogen-bond donors (Lipinski definition) is 2. The number of nitrogens with one attached hydrogen (secondary N) is 1. The van der Waals surface area contributed by atoms with E-state index in [9.17, 15) is 4.79 Å². The molecule has 0 heterocycles. The first kappa shape index (κ1) is 13.1. The average Bonchev–Trinajstić information content (AvgIpc) is 2.85. The van der Waals surface area contributed by atoms with Crippen LogP contribution in [0.5, 0.6) is 0 Å². The quantitative estimate of drug-likeness (QED) is 0.856. The van der Waals surface area contributed by atoms with E-state index in [1.807, 2.05) is 31.2 Å². The number of aryl methyl sites for hydroxylation is 1. The van der Waals surface area contributed by atoms with Crippen LogP contribution in [0.15, 0.2) is 24.3 Å². The summed E-state index contributed by atoms with van der Waals surface area (Å²) in [5.41, 5.74) is 7.85. The molecule has 1 aromatic carbocycles. The molecule has 0 unspecified atom stereocenters. The van der Waals surface area contributed by atoms with Gasteiger partial charge in [0.15, 0.2) is 0 Å². The highest BCUT2D eigenvalue weighted by molar-refractivity contribution is 5.94. The monoisotopic (exact) mass is 246 g/mol. The van der Waals surface area contributed by atoms with E-state index in [1.165, 1.54) is 12.8 Å². The summed E-state index contributed by atoms with van der Waals surface area (Å²) in [7, 11) is 0. The molecule has 2 rings (SSSR count). The van der Waals surface area contributed by atoms with Crippen LogP contribution in [0.2, 0.25) is 0 Å². The summed E-state index contributed by atoms with van der Waals surface area (Å²) >= 11 is 0. The summed E-state index contributed by atoms with van der Waals surface area (Å²) in [5.74, 6) is 0.0124. The Morgan fingerprint density at radius 3 is 2.72 bits per heavy atom. The summed E-state index contributed by atoms with van der Waals surface area (Å²) < 4.78 is 0. The molecule has 1 aromatic rings. The van der Waals surface area contributed by atoms with Crippen LogP contribution in [-0.2, 0) is 0 Å². The van der Waals surface area contributed by atoms with E-state index in [0.717, 1.165) is 24.0 Å². The zero-order valence-electron chi connectivity index (χ0n) is 11.0. The molecule has 0 aromatic heterocycles. The fraction of sp³-hybridized carbons (Fsp3) is 0.533. The molecule has 3 N–H and O–H groups in total. The third kappa shape index (κ3) is 2.91. The van der Waals surface area contributed by atoms with Crippen molar-refractivity contribution in [2.24, 2.45) is 11.1 Å². The van der Waals surface area contributed by atoms with E-state index in [2.05, 4.69) is 5.32 Å². The van der Waals surface area contributed by atoms with Crippen LogP contribution in [-0.4, -0.2) is 19.0 Å². The van der Waals surface area contributed by atoms with Crippen LogP contribution in [0.4, 0.5) is 0 Å². The van der Waals surface area contributed by atoms with Crippen molar-refractivity contribution < 1.29 is 4.79 Å². The maximum absolute atomic E-state index is 12.1. The lowest BCUT2D eigenvalue weighted by Crippen LogP contribution is -2.40. The molecule has 1 aliphatic carbocycles. The molecule has 0 bridgehead atoms. The van der Waals surface area contributed by atoms with E-state index in [4.69, 9.17) is 5.73 Å². The van der Waals surface area contributed by atoms with E-state index in [0.29, 0.717) is 13.1 Å². The molecule has 98 valence electrons. The molecule has 0 saturated heterocycles. The summed E-state index contributed by atoms with van der Waals surface area (Å²) in [4.78, 5) is 12.1. The largest absolute Gasteiger partial charge is 0.351 e. The fourth-order valence-electron chi connectivity index (χ4n) is 2.73. The molecule has 0 atom stereocenters. The maximum atomic E-state index is 12.1. The highest BCUT2D eigenvalue weighted by Crippen LogP contribution is 2.36. The molecule has 1 aliphatic rings. The first-order chi connectivity index (χ1) is 8.65. The van der Waals surface area contributed by atoms with Crippen LogP contribution in [0.25, 0.3) is 0 Å². The molecule has 1 fully saturated rings. The molecule has 0 radical (unpaired) electrons. The summed E-state index contributed by atoms with van der Waals surface area (Å²) in [6, 6.07) is 7.68. The summed E-state index contributed by atoms with van der Waals surface area (Å²) in [6.07, 6.45) is 4.74. The number of amides is 1. The second-order valence-corrected chi connectivity index (χ2v) is 5.46. The first-order valence-electron chi connectivity index (χ1n) is 6.70. The van der Waals surface area contributed by atoms with Crippen molar-refractivity contribution in [3.05, 3.63) is 35.4 Å². The molecule has 0 spiro atoms. The fourth-order valence-corrected chi connectivity index (χ4v) is 2.73. The number of carbonyl (C=O) groups excluding carboxylic acids is 1. The van der Waals surface area contributed by atoms with Crippen molar-refractivity contribution in [1.29, 1.82) is 0 Å². The van der Waals surface area contributed by atoms with Gasteiger partial charge in [-0.15, -0.1) is 0 Å². The zero-order chi connectivity index (χ0) is 13.0. The molecule has 3 heteroatoms. The van der Waals surface area contributed by atoms with Gasteiger partial charge in [0, 0.05) is 12.1 Å². The SMILES string of the molecule is Cc1cccc(C(=O)NCC2(CN)CCCC2)c1. The number of nitrogens with two attached hydrogens (primary N) is 1. The summed E-state index contributed by atoms with van der Waals surface area (Å²) in [5, 5.41) is 3.04. The van der Waals surface area contributed by atoms with Gasteiger partial charge in [0.1, 0.15) is 0 Å². The van der Waals surface area contributed by atoms with Gasteiger partial charge in [0.25, 0.3) is 5.91 Å². The minimum absolute atomic E-state index is 0.0124. The second kappa shape index (κ2) is 5.53. The Morgan fingerprint density at radius 2 is 2.11 bits per heavy atom. The second-order valence-electron chi connectivity index (χ2n) is 5.46. The molecule has 1 saturated carbocycles. The highest BCUT2D eigenvalue weighted by atomic mass is 16.1. The predicted octanol–water partition coefficient (Wildman–Crippen LogP) is 2.24. The number of carbonyl (C=O) groups is 1. The lowest BCUT2D eigenvalue weighted by atomic mass is 9.86. The van der Waals surface area contributed by atoms with Crippen molar-refractivity contribution in [2.75, 3.05) is 13.1 Å². The number of hydrogen-bond acceptors (Lipinski definition) is 2. The van der Waals surface area contributed by atoms with E-state index < -0.39 is 0 Å². The average molecular weight is 246 g/mol. The van der Waals surface area contributed by atoms with Crippen LogP contribution < -0.4 is 11.1 Å². The van der Waals surface area contributed by atoms with Crippen LogP contribution >= 0.6 is 0 Å². The van der Waals surface area contributed by atoms with Crippen molar-refractivity contribution in [3.8, 4) is 0 Å². The third-order valence-electron chi connectivity index (χ3n) is 4.00. The van der Waals surface area contributed by atoms with Crippen LogP contribution in [0.3, 0.4) is 0 Å². The number of rotatable bonds is 4. The van der Waals surface area contributed by atoms with Gasteiger partial charge >= 0.3 is 0 Å². The van der Waals surface area contributed by atoms with E-state index in [1.54, 1.807) is 0 Å². The minimum Gasteiger partial charge on any atom is -0.351 e. The zero-order valence-corrected chi connectivity index (χ0v) is 11.0. The normalized spacial score (nSPS) is 17.7. The van der Waals surface area contributed by atoms with Gasteiger partial charge in [-0.25, -0.2) is 0 Å². The molecular formula is C15H22N2O. The van der Waals surface area contributed by atoms with E-state index in [-0.39, 0.29) is 11.3 Å². The topological polar surface area (TPSA) is 55.1 Å². The Morgan fingerprint density at radius 1 is 1.39 bits per heavy atom. The molecule has 1 amide bonds. The van der Waals surface area contributed by atoms with Crippen molar-refractivity contribution in [1.82, 2.24) is 5.32 Å². The molecule has 0 aliphatic heterocycles. The third-order valence-corrected chi connectivity index (χ3v) is 4.00. The minimum atomic E-state index is 0.0124. The van der Waals surface area contributed by atoms with Crippen LogP contribution in [0.1, 0.15) is 41.6 Å². The van der Waals surface area contributed by atoms with Crippen molar-refractivity contribution >= 4 is 5.91 Å². The molecule has 3 nitrogen and oxygen atoms in total. The van der Waals surface area contributed by atoms with Crippen molar-refractivity contribution in [2.45, 2.75) is 32.6 Å². The summed E-state index contributed by atoms with van der Waals surface area (Å²) in [6.45, 7) is 3.37. The Kier molecular flexibility index (Phi) is 4.02. The highest BCUT2D eigenvalue weighted by Gasteiger charge is 2.32. The van der Waals surface area contributed by atoms with E-state index >= 15 is 0 Å². The molecular weight excluding hydrogens is 224 g/mol. The van der Waals surface area contributed by atoms with Gasteiger partial charge in [-0.05, 0) is 43.9 Å². The standard InChI is InChI=1S/C15H22N2O/c1-12-5-4-6-13(9-12)14(18)17-11-15(10-16)7-2-3-8-15/h4-6,9H,2-3,7-8,10-11,16H2,1H3,(H,17,18). The predicted molar refractivity (Wildman–Crippen MR) is 73.5 cm³/mol. The smallest absolute Gasteiger partial charge is 0.251 e. The molecule has 18 heavy (non-hydrogen) atoms.